The Morgan fingerprint density at radius 1 is 1.06 bits per heavy atom. The first-order chi connectivity index (χ1) is 16.8. The van der Waals surface area contributed by atoms with Crippen LogP contribution in [0, 0.1) is 5.92 Å². The van der Waals surface area contributed by atoms with Gasteiger partial charge in [0.15, 0.2) is 5.82 Å². The highest BCUT2D eigenvalue weighted by Crippen LogP contribution is 2.25. The molecule has 186 valence electrons. The number of piperidine rings is 1. The molecule has 3 aromatic rings. The standard InChI is InChI=1S/C27H35N5O2S/c1-27(2,3)22-9-11-23(12-10-22)34-18-24-29-30-26(32(24)28)35-19-25(33)31-15-13-21(14-16-31)17-20-7-5-4-6-8-20/h4-12,21H,13-19,28H2,1-3H3. The van der Waals surface area contributed by atoms with Crippen LogP contribution in [0.15, 0.2) is 59.8 Å². The number of rotatable bonds is 8. The Bertz CT molecular complexity index is 1100. The molecule has 2 heterocycles. The molecule has 0 radical (unpaired) electrons. The molecule has 4 rings (SSSR count). The summed E-state index contributed by atoms with van der Waals surface area (Å²) < 4.78 is 7.25. The molecule has 0 aliphatic carbocycles. The van der Waals surface area contributed by atoms with Gasteiger partial charge in [0, 0.05) is 13.1 Å². The Hall–Kier alpha value is -3.00. The number of benzene rings is 2. The lowest BCUT2D eigenvalue weighted by Crippen LogP contribution is -2.39. The molecule has 1 aliphatic heterocycles. The normalized spacial score (nSPS) is 14.8. The lowest BCUT2D eigenvalue weighted by atomic mass is 9.87. The van der Waals surface area contributed by atoms with Crippen LogP contribution in [-0.2, 0) is 23.2 Å². The molecule has 35 heavy (non-hydrogen) atoms. The number of ether oxygens (including phenoxy) is 1. The highest BCUT2D eigenvalue weighted by Gasteiger charge is 2.24. The van der Waals surface area contributed by atoms with Gasteiger partial charge in [-0.2, -0.15) is 0 Å². The van der Waals surface area contributed by atoms with Crippen molar-refractivity contribution in [3.63, 3.8) is 0 Å². The predicted octanol–water partition coefficient (Wildman–Crippen LogP) is 4.44. The fourth-order valence-corrected chi connectivity index (χ4v) is 5.03. The zero-order valence-electron chi connectivity index (χ0n) is 20.8. The largest absolute Gasteiger partial charge is 0.486 e. The van der Waals surface area contributed by atoms with Crippen LogP contribution in [0.2, 0.25) is 0 Å². The van der Waals surface area contributed by atoms with Crippen molar-refractivity contribution in [3.05, 3.63) is 71.5 Å². The summed E-state index contributed by atoms with van der Waals surface area (Å²) in [4.78, 5) is 14.7. The molecule has 7 nitrogen and oxygen atoms in total. The van der Waals surface area contributed by atoms with Crippen LogP contribution in [0.3, 0.4) is 0 Å². The van der Waals surface area contributed by atoms with Crippen molar-refractivity contribution < 1.29 is 9.53 Å². The number of nitrogen functional groups attached to an aromatic ring is 1. The number of carbonyl (C=O) groups is 1. The Morgan fingerprint density at radius 3 is 2.40 bits per heavy atom. The Morgan fingerprint density at radius 2 is 1.74 bits per heavy atom. The van der Waals surface area contributed by atoms with Crippen molar-refractivity contribution in [2.24, 2.45) is 5.92 Å². The molecule has 0 unspecified atom stereocenters. The number of hydrogen-bond donors (Lipinski definition) is 1. The Balaban J connectivity index is 1.22. The van der Waals surface area contributed by atoms with Crippen molar-refractivity contribution in [2.75, 3.05) is 24.7 Å². The van der Waals surface area contributed by atoms with E-state index in [0.29, 0.717) is 22.7 Å². The summed E-state index contributed by atoms with van der Waals surface area (Å²) in [7, 11) is 0. The molecule has 8 heteroatoms. The molecular formula is C27H35N5O2S. The first-order valence-corrected chi connectivity index (χ1v) is 13.2. The second kappa shape index (κ2) is 11.2. The van der Waals surface area contributed by atoms with E-state index < -0.39 is 0 Å². The van der Waals surface area contributed by atoms with Crippen molar-refractivity contribution in [2.45, 2.75) is 57.2 Å². The predicted molar refractivity (Wildman–Crippen MR) is 140 cm³/mol. The summed E-state index contributed by atoms with van der Waals surface area (Å²) >= 11 is 1.32. The van der Waals surface area contributed by atoms with Gasteiger partial charge in [0.05, 0.1) is 5.75 Å². The van der Waals surface area contributed by atoms with E-state index >= 15 is 0 Å². The molecule has 0 saturated carbocycles. The third kappa shape index (κ3) is 6.78. The van der Waals surface area contributed by atoms with Crippen molar-refractivity contribution in [1.29, 1.82) is 0 Å². The maximum atomic E-state index is 12.7. The molecule has 1 aliphatic rings. The summed E-state index contributed by atoms with van der Waals surface area (Å²) in [6.45, 7) is 8.35. The van der Waals surface area contributed by atoms with Gasteiger partial charge in [0.25, 0.3) is 0 Å². The lowest BCUT2D eigenvalue weighted by molar-refractivity contribution is -0.129. The number of hydrogen-bond acceptors (Lipinski definition) is 6. The van der Waals surface area contributed by atoms with E-state index in [4.69, 9.17) is 10.6 Å². The summed E-state index contributed by atoms with van der Waals surface area (Å²) in [5, 5.41) is 8.81. The van der Waals surface area contributed by atoms with E-state index in [1.165, 1.54) is 27.6 Å². The van der Waals surface area contributed by atoms with Gasteiger partial charge in [-0.15, -0.1) is 10.2 Å². The van der Waals surface area contributed by atoms with Crippen molar-refractivity contribution in [3.8, 4) is 5.75 Å². The molecule has 1 aromatic heterocycles. The maximum absolute atomic E-state index is 12.7. The Kier molecular flexibility index (Phi) is 8.00. The minimum absolute atomic E-state index is 0.0948. The lowest BCUT2D eigenvalue weighted by Gasteiger charge is -2.32. The average Bonchev–Trinajstić information content (AvgIpc) is 3.21. The molecule has 1 fully saturated rings. The van der Waals surface area contributed by atoms with Gasteiger partial charge in [0.2, 0.25) is 11.1 Å². The monoisotopic (exact) mass is 493 g/mol. The minimum Gasteiger partial charge on any atom is -0.486 e. The molecule has 1 amide bonds. The molecule has 1 saturated heterocycles. The van der Waals surface area contributed by atoms with Gasteiger partial charge in [-0.1, -0.05) is 75.0 Å². The maximum Gasteiger partial charge on any atom is 0.233 e. The quantitative estimate of drug-likeness (QED) is 0.369. The fraction of sp³-hybridized carbons (Fsp3) is 0.444. The zero-order valence-corrected chi connectivity index (χ0v) is 21.6. The Labute approximate surface area is 212 Å². The third-order valence-corrected chi connectivity index (χ3v) is 7.41. The molecule has 2 N–H and O–H groups in total. The van der Waals surface area contributed by atoms with Crippen LogP contribution in [0.1, 0.15) is 50.6 Å². The molecule has 2 aromatic carbocycles. The smallest absolute Gasteiger partial charge is 0.233 e. The van der Waals surface area contributed by atoms with Gasteiger partial charge in [-0.05, 0) is 53.9 Å². The number of likely N-dealkylation sites (tertiary alicyclic amines) is 1. The number of nitrogens with zero attached hydrogens (tertiary/aromatic N) is 4. The van der Waals surface area contributed by atoms with E-state index in [2.05, 4.69) is 67.4 Å². The van der Waals surface area contributed by atoms with Gasteiger partial charge >= 0.3 is 0 Å². The second-order valence-corrected chi connectivity index (χ2v) is 11.1. The first-order valence-electron chi connectivity index (χ1n) is 12.2. The van der Waals surface area contributed by atoms with E-state index in [1.807, 2.05) is 23.1 Å². The van der Waals surface area contributed by atoms with Crippen LogP contribution in [0.25, 0.3) is 0 Å². The second-order valence-electron chi connectivity index (χ2n) is 10.1. The molecule has 0 atom stereocenters. The fourth-order valence-electron chi connectivity index (χ4n) is 4.25. The van der Waals surface area contributed by atoms with Gasteiger partial charge < -0.3 is 15.5 Å². The van der Waals surface area contributed by atoms with Gasteiger partial charge in [-0.3, -0.25) is 4.79 Å². The van der Waals surface area contributed by atoms with Crippen molar-refractivity contribution in [1.82, 2.24) is 19.8 Å². The molecular weight excluding hydrogens is 458 g/mol. The highest BCUT2D eigenvalue weighted by molar-refractivity contribution is 7.99. The summed E-state index contributed by atoms with van der Waals surface area (Å²) in [5.74, 6) is 8.49. The summed E-state index contributed by atoms with van der Waals surface area (Å²) in [5.41, 5.74) is 2.71. The van der Waals surface area contributed by atoms with Gasteiger partial charge in [0.1, 0.15) is 12.4 Å². The summed E-state index contributed by atoms with van der Waals surface area (Å²) in [6.07, 6.45) is 3.16. The molecule has 0 bridgehead atoms. The van der Waals surface area contributed by atoms with Crippen LogP contribution >= 0.6 is 11.8 Å². The zero-order chi connectivity index (χ0) is 24.8. The van der Waals surface area contributed by atoms with E-state index in [0.717, 1.165) is 38.1 Å². The topological polar surface area (TPSA) is 86.3 Å². The molecule has 0 spiro atoms. The van der Waals surface area contributed by atoms with E-state index in [9.17, 15) is 4.79 Å². The van der Waals surface area contributed by atoms with Crippen LogP contribution in [0.4, 0.5) is 0 Å². The minimum atomic E-state index is 0.0948. The van der Waals surface area contributed by atoms with Crippen LogP contribution < -0.4 is 10.6 Å². The van der Waals surface area contributed by atoms with E-state index in [-0.39, 0.29) is 17.9 Å². The number of aromatic nitrogens is 3. The number of amides is 1. The van der Waals surface area contributed by atoms with Crippen LogP contribution in [0.5, 0.6) is 5.75 Å². The van der Waals surface area contributed by atoms with Gasteiger partial charge in [-0.25, -0.2) is 4.68 Å². The first kappa shape index (κ1) is 25.1. The van der Waals surface area contributed by atoms with Crippen LogP contribution in [-0.4, -0.2) is 44.5 Å². The van der Waals surface area contributed by atoms with Crippen molar-refractivity contribution >= 4 is 17.7 Å². The number of thioether (sulfide) groups is 1. The SMILES string of the molecule is CC(C)(C)c1ccc(OCc2nnc(SCC(=O)N3CCC(Cc4ccccc4)CC3)n2N)cc1. The van der Waals surface area contributed by atoms with E-state index in [1.54, 1.807) is 0 Å². The number of carbonyl (C=O) groups excluding carboxylic acids is 1. The third-order valence-electron chi connectivity index (χ3n) is 6.48. The summed E-state index contributed by atoms with van der Waals surface area (Å²) in [6, 6.07) is 18.6. The highest BCUT2D eigenvalue weighted by atomic mass is 32.2. The number of nitrogens with two attached hydrogens (primary N) is 1. The average molecular weight is 494 g/mol.